The normalized spacial score (nSPS) is 18.0. The molecule has 0 aliphatic carbocycles. The van der Waals surface area contributed by atoms with E-state index in [9.17, 15) is 0 Å². The Balaban J connectivity index is 1.78. The zero-order valence-corrected chi connectivity index (χ0v) is 9.96. The molecule has 0 bridgehead atoms. The zero-order valence-electron chi connectivity index (χ0n) is 9.15. The standard InChI is InChI=1S/C12H15N3S/c1-2-10-12(13-5-1)15-11(14-10)8-9-3-6-16-7-4-9/h1-2,5,9H,3-4,6-8H2,(H,13,14,15). The van der Waals surface area contributed by atoms with Crippen LogP contribution in [0, 0.1) is 5.92 Å². The molecule has 3 heterocycles. The molecular formula is C12H15N3S. The minimum absolute atomic E-state index is 0.807. The maximum Gasteiger partial charge on any atom is 0.177 e. The number of thioether (sulfide) groups is 1. The fourth-order valence-electron chi connectivity index (χ4n) is 2.22. The van der Waals surface area contributed by atoms with Gasteiger partial charge < -0.3 is 4.98 Å². The first-order chi connectivity index (χ1) is 7.92. The fourth-order valence-corrected chi connectivity index (χ4v) is 3.42. The van der Waals surface area contributed by atoms with Gasteiger partial charge in [-0.2, -0.15) is 11.8 Å². The first-order valence-corrected chi connectivity index (χ1v) is 6.94. The number of imidazole rings is 1. The Morgan fingerprint density at radius 3 is 3.06 bits per heavy atom. The fraction of sp³-hybridized carbons (Fsp3) is 0.500. The zero-order chi connectivity index (χ0) is 10.8. The van der Waals surface area contributed by atoms with Crippen LogP contribution in [0.3, 0.4) is 0 Å². The van der Waals surface area contributed by atoms with Crippen LogP contribution in [0.2, 0.25) is 0 Å². The topological polar surface area (TPSA) is 41.6 Å². The largest absolute Gasteiger partial charge is 0.341 e. The van der Waals surface area contributed by atoms with E-state index in [1.807, 2.05) is 12.1 Å². The summed E-state index contributed by atoms with van der Waals surface area (Å²) >= 11 is 2.07. The van der Waals surface area contributed by atoms with Crippen molar-refractivity contribution in [2.75, 3.05) is 11.5 Å². The van der Waals surface area contributed by atoms with E-state index in [2.05, 4.69) is 26.7 Å². The van der Waals surface area contributed by atoms with Crippen LogP contribution in [0.4, 0.5) is 0 Å². The van der Waals surface area contributed by atoms with Gasteiger partial charge in [0.25, 0.3) is 0 Å². The molecule has 1 fully saturated rings. The van der Waals surface area contributed by atoms with E-state index in [0.29, 0.717) is 0 Å². The Labute approximate surface area is 99.1 Å². The molecule has 0 spiro atoms. The van der Waals surface area contributed by atoms with Gasteiger partial charge in [-0.3, -0.25) is 0 Å². The van der Waals surface area contributed by atoms with E-state index < -0.39 is 0 Å². The summed E-state index contributed by atoms with van der Waals surface area (Å²) in [6.45, 7) is 0. The highest BCUT2D eigenvalue weighted by molar-refractivity contribution is 7.99. The SMILES string of the molecule is c1cnc2nc(CC3CCSCC3)[nH]c2c1. The number of fused-ring (bicyclic) bond motifs is 1. The van der Waals surface area contributed by atoms with Gasteiger partial charge in [-0.05, 0) is 42.4 Å². The van der Waals surface area contributed by atoms with E-state index in [4.69, 9.17) is 0 Å². The molecule has 0 radical (unpaired) electrons. The number of H-pyrrole nitrogens is 1. The first kappa shape index (κ1) is 10.1. The minimum atomic E-state index is 0.807. The second kappa shape index (κ2) is 4.45. The predicted octanol–water partition coefficient (Wildman–Crippen LogP) is 2.64. The third-order valence-corrected chi connectivity index (χ3v) is 4.18. The van der Waals surface area contributed by atoms with Gasteiger partial charge in [0.1, 0.15) is 5.82 Å². The lowest BCUT2D eigenvalue weighted by atomic mass is 9.99. The predicted molar refractivity (Wildman–Crippen MR) is 67.6 cm³/mol. The monoisotopic (exact) mass is 233 g/mol. The van der Waals surface area contributed by atoms with E-state index in [1.54, 1.807) is 6.20 Å². The van der Waals surface area contributed by atoms with Gasteiger partial charge in [0.2, 0.25) is 0 Å². The van der Waals surface area contributed by atoms with Gasteiger partial charge in [-0.1, -0.05) is 0 Å². The molecule has 16 heavy (non-hydrogen) atoms. The molecule has 3 rings (SSSR count). The molecule has 2 aromatic rings. The van der Waals surface area contributed by atoms with Crippen LogP contribution in [0.15, 0.2) is 18.3 Å². The Kier molecular flexibility index (Phi) is 2.82. The molecular weight excluding hydrogens is 218 g/mol. The summed E-state index contributed by atoms with van der Waals surface area (Å²) in [4.78, 5) is 12.1. The number of nitrogens with one attached hydrogen (secondary N) is 1. The van der Waals surface area contributed by atoms with Gasteiger partial charge >= 0.3 is 0 Å². The summed E-state index contributed by atoms with van der Waals surface area (Å²) < 4.78 is 0. The lowest BCUT2D eigenvalue weighted by Gasteiger charge is -2.19. The second-order valence-electron chi connectivity index (χ2n) is 4.32. The Morgan fingerprint density at radius 1 is 1.38 bits per heavy atom. The lowest BCUT2D eigenvalue weighted by molar-refractivity contribution is 0.478. The summed E-state index contributed by atoms with van der Waals surface area (Å²) in [6.07, 6.45) is 5.53. The summed E-state index contributed by atoms with van der Waals surface area (Å²) in [6, 6.07) is 3.98. The van der Waals surface area contributed by atoms with Gasteiger partial charge in [0, 0.05) is 12.6 Å². The van der Waals surface area contributed by atoms with Crippen molar-refractivity contribution in [2.24, 2.45) is 5.92 Å². The van der Waals surface area contributed by atoms with Gasteiger partial charge in [0.15, 0.2) is 5.65 Å². The molecule has 4 heteroatoms. The number of aromatic amines is 1. The Hall–Kier alpha value is -1.03. The molecule has 0 amide bonds. The van der Waals surface area contributed by atoms with Crippen LogP contribution >= 0.6 is 11.8 Å². The van der Waals surface area contributed by atoms with Crippen molar-refractivity contribution in [3.63, 3.8) is 0 Å². The minimum Gasteiger partial charge on any atom is -0.341 e. The van der Waals surface area contributed by atoms with Crippen molar-refractivity contribution in [1.82, 2.24) is 15.0 Å². The van der Waals surface area contributed by atoms with E-state index >= 15 is 0 Å². The molecule has 0 aromatic carbocycles. The molecule has 2 aromatic heterocycles. The van der Waals surface area contributed by atoms with Crippen LogP contribution in [0.1, 0.15) is 18.7 Å². The summed E-state index contributed by atoms with van der Waals surface area (Å²) in [7, 11) is 0. The average Bonchev–Trinajstić information content (AvgIpc) is 2.72. The highest BCUT2D eigenvalue weighted by Crippen LogP contribution is 2.25. The number of rotatable bonds is 2. The molecule has 1 N–H and O–H groups in total. The van der Waals surface area contributed by atoms with Crippen molar-refractivity contribution in [2.45, 2.75) is 19.3 Å². The third kappa shape index (κ3) is 2.07. The molecule has 0 unspecified atom stereocenters. The van der Waals surface area contributed by atoms with Gasteiger partial charge in [-0.25, -0.2) is 9.97 Å². The number of pyridine rings is 1. The average molecular weight is 233 g/mol. The number of hydrogen-bond acceptors (Lipinski definition) is 3. The summed E-state index contributed by atoms with van der Waals surface area (Å²) in [5.74, 6) is 4.53. The first-order valence-electron chi connectivity index (χ1n) is 5.79. The van der Waals surface area contributed by atoms with E-state index in [-0.39, 0.29) is 0 Å². The van der Waals surface area contributed by atoms with E-state index in [1.165, 1.54) is 24.3 Å². The molecule has 1 aliphatic heterocycles. The van der Waals surface area contributed by atoms with Crippen molar-refractivity contribution >= 4 is 22.9 Å². The second-order valence-corrected chi connectivity index (χ2v) is 5.54. The quantitative estimate of drug-likeness (QED) is 0.867. The highest BCUT2D eigenvalue weighted by atomic mass is 32.2. The highest BCUT2D eigenvalue weighted by Gasteiger charge is 2.16. The van der Waals surface area contributed by atoms with Crippen LogP contribution in [0.5, 0.6) is 0 Å². The molecule has 1 aliphatic rings. The van der Waals surface area contributed by atoms with Crippen LogP contribution in [-0.4, -0.2) is 26.5 Å². The maximum absolute atomic E-state index is 4.53. The molecule has 0 saturated carbocycles. The molecule has 0 atom stereocenters. The number of hydrogen-bond donors (Lipinski definition) is 1. The smallest absolute Gasteiger partial charge is 0.177 e. The molecule has 1 saturated heterocycles. The van der Waals surface area contributed by atoms with Gasteiger partial charge in [-0.15, -0.1) is 0 Å². The summed E-state index contributed by atoms with van der Waals surface area (Å²) in [5, 5.41) is 0. The number of aromatic nitrogens is 3. The van der Waals surface area contributed by atoms with Gasteiger partial charge in [0.05, 0.1) is 5.52 Å². The van der Waals surface area contributed by atoms with Crippen LogP contribution < -0.4 is 0 Å². The van der Waals surface area contributed by atoms with E-state index in [0.717, 1.165) is 29.3 Å². The lowest BCUT2D eigenvalue weighted by Crippen LogP contribution is -2.12. The third-order valence-electron chi connectivity index (χ3n) is 3.13. The van der Waals surface area contributed by atoms with Crippen molar-refractivity contribution in [3.05, 3.63) is 24.2 Å². The van der Waals surface area contributed by atoms with Crippen molar-refractivity contribution in [1.29, 1.82) is 0 Å². The van der Waals surface area contributed by atoms with Crippen molar-refractivity contribution < 1.29 is 0 Å². The maximum atomic E-state index is 4.53. The summed E-state index contributed by atoms with van der Waals surface area (Å²) in [5.41, 5.74) is 1.91. The van der Waals surface area contributed by atoms with Crippen LogP contribution in [0.25, 0.3) is 11.2 Å². The molecule has 84 valence electrons. The Morgan fingerprint density at radius 2 is 2.25 bits per heavy atom. The molecule has 3 nitrogen and oxygen atoms in total. The number of nitrogens with zero attached hydrogens (tertiary/aromatic N) is 2. The Bertz CT molecular complexity index is 441. The van der Waals surface area contributed by atoms with Crippen molar-refractivity contribution in [3.8, 4) is 0 Å². The van der Waals surface area contributed by atoms with Crippen LogP contribution in [-0.2, 0) is 6.42 Å².